The van der Waals surface area contributed by atoms with Crippen molar-refractivity contribution in [3.63, 3.8) is 0 Å². The molecule has 166 valence electrons. The van der Waals surface area contributed by atoms with E-state index in [1.807, 2.05) is 49.4 Å². The zero-order valence-electron chi connectivity index (χ0n) is 18.6. The number of benzene rings is 1. The molecule has 0 amide bonds. The molecule has 4 aromatic heterocycles. The second kappa shape index (κ2) is 8.60. The van der Waals surface area contributed by atoms with Crippen molar-refractivity contribution in [3.8, 4) is 34.3 Å². The van der Waals surface area contributed by atoms with Gasteiger partial charge in [0.2, 0.25) is 11.8 Å². The molecule has 4 heterocycles. The molecule has 0 bridgehead atoms. The first-order valence-corrected chi connectivity index (χ1v) is 10.5. The Balaban J connectivity index is 1.79. The minimum absolute atomic E-state index is 0.189. The van der Waals surface area contributed by atoms with E-state index in [0.717, 1.165) is 22.5 Å². The Labute approximate surface area is 195 Å². The molecule has 34 heavy (non-hydrogen) atoms. The van der Waals surface area contributed by atoms with Crippen molar-refractivity contribution in [2.24, 2.45) is 0 Å². The van der Waals surface area contributed by atoms with E-state index in [-0.39, 0.29) is 5.95 Å². The van der Waals surface area contributed by atoms with Gasteiger partial charge in [0.1, 0.15) is 0 Å². The van der Waals surface area contributed by atoms with Crippen LogP contribution in [-0.2, 0) is 6.42 Å². The van der Waals surface area contributed by atoms with E-state index in [1.54, 1.807) is 25.4 Å². The number of fused-ring (bicyclic) bond motifs is 1. The van der Waals surface area contributed by atoms with Gasteiger partial charge in [-0.2, -0.15) is 9.78 Å². The Morgan fingerprint density at radius 3 is 2.68 bits per heavy atom. The van der Waals surface area contributed by atoms with Gasteiger partial charge in [-0.25, -0.2) is 15.0 Å². The summed E-state index contributed by atoms with van der Waals surface area (Å²) in [5.74, 6) is 1.22. The summed E-state index contributed by atoms with van der Waals surface area (Å²) in [6, 6.07) is 18.9. The van der Waals surface area contributed by atoms with Gasteiger partial charge in [0.25, 0.3) is 0 Å². The van der Waals surface area contributed by atoms with Crippen molar-refractivity contribution in [2.75, 3.05) is 12.8 Å². The number of nitriles is 1. The molecule has 5 rings (SSSR count). The molecule has 0 aliphatic heterocycles. The fourth-order valence-electron chi connectivity index (χ4n) is 3.84. The molecular weight excluding hydrogens is 428 g/mol. The van der Waals surface area contributed by atoms with Crippen LogP contribution in [0.25, 0.3) is 28.0 Å². The molecule has 0 saturated heterocycles. The number of pyridine rings is 2. The number of nitrogen functional groups attached to an aromatic ring is 1. The Bertz CT molecular complexity index is 1550. The normalized spacial score (nSPS) is 10.9. The number of aromatic nitrogens is 6. The number of rotatable bonds is 5. The number of hydrogen-bond acceptors (Lipinski definition) is 8. The summed E-state index contributed by atoms with van der Waals surface area (Å²) in [5.41, 5.74) is 11.9. The van der Waals surface area contributed by atoms with Crippen LogP contribution < -0.4 is 10.5 Å². The summed E-state index contributed by atoms with van der Waals surface area (Å²) in [6.45, 7) is 1.89. The topological polar surface area (TPSA) is 128 Å². The first-order chi connectivity index (χ1) is 16.6. The average molecular weight is 448 g/mol. The van der Waals surface area contributed by atoms with Gasteiger partial charge >= 0.3 is 0 Å². The minimum Gasteiger partial charge on any atom is -0.481 e. The molecule has 5 aromatic rings. The molecule has 0 saturated carbocycles. The van der Waals surface area contributed by atoms with Crippen molar-refractivity contribution < 1.29 is 4.74 Å². The molecular formula is C25H20N8O. The van der Waals surface area contributed by atoms with Gasteiger partial charge in [0.15, 0.2) is 11.5 Å². The maximum absolute atomic E-state index is 9.42. The van der Waals surface area contributed by atoms with Crippen molar-refractivity contribution in [1.82, 2.24) is 29.5 Å². The fraction of sp³-hybridized carbons (Fsp3) is 0.120. The van der Waals surface area contributed by atoms with Crippen LogP contribution in [0.5, 0.6) is 5.88 Å². The molecule has 0 aliphatic carbocycles. The second-order valence-corrected chi connectivity index (χ2v) is 7.69. The Morgan fingerprint density at radius 1 is 1.03 bits per heavy atom. The quantitative estimate of drug-likeness (QED) is 0.432. The van der Waals surface area contributed by atoms with Crippen LogP contribution in [-0.4, -0.2) is 36.7 Å². The predicted molar refractivity (Wildman–Crippen MR) is 127 cm³/mol. The third-order valence-corrected chi connectivity index (χ3v) is 5.31. The van der Waals surface area contributed by atoms with Crippen LogP contribution in [0.15, 0.2) is 60.8 Å². The summed E-state index contributed by atoms with van der Waals surface area (Å²) in [4.78, 5) is 18.3. The van der Waals surface area contributed by atoms with Gasteiger partial charge in [-0.1, -0.05) is 18.2 Å². The summed E-state index contributed by atoms with van der Waals surface area (Å²) < 4.78 is 6.94. The molecule has 0 radical (unpaired) electrons. The maximum atomic E-state index is 9.42. The summed E-state index contributed by atoms with van der Waals surface area (Å²) in [7, 11) is 1.57. The lowest BCUT2D eigenvalue weighted by atomic mass is 9.99. The third kappa shape index (κ3) is 3.89. The van der Waals surface area contributed by atoms with Crippen LogP contribution >= 0.6 is 0 Å². The zero-order chi connectivity index (χ0) is 23.7. The Morgan fingerprint density at radius 2 is 1.91 bits per heavy atom. The first-order valence-electron chi connectivity index (χ1n) is 10.5. The minimum atomic E-state index is 0.189. The van der Waals surface area contributed by atoms with Gasteiger partial charge in [0, 0.05) is 29.2 Å². The van der Waals surface area contributed by atoms with E-state index < -0.39 is 0 Å². The molecule has 9 heteroatoms. The van der Waals surface area contributed by atoms with Crippen molar-refractivity contribution in [2.45, 2.75) is 13.3 Å². The number of nitrogens with two attached hydrogens (primary N) is 1. The van der Waals surface area contributed by atoms with E-state index in [4.69, 9.17) is 15.5 Å². The molecule has 0 fully saturated rings. The molecule has 1 aromatic carbocycles. The highest BCUT2D eigenvalue weighted by Gasteiger charge is 2.21. The lowest BCUT2D eigenvalue weighted by Crippen LogP contribution is -2.06. The molecule has 2 N–H and O–H groups in total. The summed E-state index contributed by atoms with van der Waals surface area (Å²) in [5, 5.41) is 14.0. The molecule has 0 unspecified atom stereocenters. The van der Waals surface area contributed by atoms with Crippen LogP contribution in [0.1, 0.15) is 22.8 Å². The lowest BCUT2D eigenvalue weighted by Gasteiger charge is -2.13. The van der Waals surface area contributed by atoms with Gasteiger partial charge in [-0.05, 0) is 42.8 Å². The highest BCUT2D eigenvalue weighted by atomic mass is 16.5. The van der Waals surface area contributed by atoms with Crippen LogP contribution in [0, 0.1) is 18.3 Å². The fourth-order valence-corrected chi connectivity index (χ4v) is 3.84. The van der Waals surface area contributed by atoms with E-state index in [9.17, 15) is 5.26 Å². The van der Waals surface area contributed by atoms with Gasteiger partial charge < -0.3 is 10.5 Å². The van der Waals surface area contributed by atoms with E-state index >= 15 is 0 Å². The smallest absolute Gasteiger partial charge is 0.223 e. The van der Waals surface area contributed by atoms with Crippen LogP contribution in [0.4, 0.5) is 5.95 Å². The average Bonchev–Trinajstić information content (AvgIpc) is 3.28. The van der Waals surface area contributed by atoms with Crippen LogP contribution in [0.3, 0.4) is 0 Å². The largest absolute Gasteiger partial charge is 0.481 e. The second-order valence-electron chi connectivity index (χ2n) is 7.69. The Kier molecular flexibility index (Phi) is 5.32. The molecule has 0 spiro atoms. The highest BCUT2D eigenvalue weighted by molar-refractivity contribution is 5.91. The monoisotopic (exact) mass is 448 g/mol. The van der Waals surface area contributed by atoms with E-state index in [0.29, 0.717) is 40.6 Å². The van der Waals surface area contributed by atoms with Gasteiger partial charge in [-0.15, -0.1) is 5.10 Å². The van der Waals surface area contributed by atoms with E-state index in [1.165, 1.54) is 4.52 Å². The standard InChI is InChI=1S/C25H20N8O/c1-15-10-18(12-21(29-15)34-2)22-23(17-7-5-6-16(11-17)14-26)31-25(27)33-24(22)30-20(32-33)13-19-8-3-4-9-28-19/h3-12H,13H2,1-2H3,(H2,27,31). The predicted octanol–water partition coefficient (Wildman–Crippen LogP) is 3.61. The number of aryl methyl sites for hydroxylation is 1. The maximum Gasteiger partial charge on any atom is 0.223 e. The Hall–Kier alpha value is -4.84. The highest BCUT2D eigenvalue weighted by Crippen LogP contribution is 2.36. The first kappa shape index (κ1) is 21.0. The summed E-state index contributed by atoms with van der Waals surface area (Å²) >= 11 is 0. The van der Waals surface area contributed by atoms with Crippen molar-refractivity contribution in [3.05, 3.63) is 83.6 Å². The van der Waals surface area contributed by atoms with E-state index in [2.05, 4.69) is 26.1 Å². The third-order valence-electron chi connectivity index (χ3n) is 5.31. The van der Waals surface area contributed by atoms with Crippen molar-refractivity contribution in [1.29, 1.82) is 5.26 Å². The van der Waals surface area contributed by atoms with Crippen LogP contribution in [0.2, 0.25) is 0 Å². The van der Waals surface area contributed by atoms with Gasteiger partial charge in [0.05, 0.1) is 36.4 Å². The molecule has 0 aliphatic rings. The molecule has 0 atom stereocenters. The number of hydrogen-bond donors (Lipinski definition) is 1. The summed E-state index contributed by atoms with van der Waals surface area (Å²) in [6.07, 6.45) is 2.18. The number of methoxy groups -OCH3 is 1. The number of anilines is 1. The number of nitrogens with zero attached hydrogens (tertiary/aromatic N) is 7. The van der Waals surface area contributed by atoms with Gasteiger partial charge in [-0.3, -0.25) is 4.98 Å². The molecule has 9 nitrogen and oxygen atoms in total. The van der Waals surface area contributed by atoms with Crippen molar-refractivity contribution >= 4 is 11.6 Å². The lowest BCUT2D eigenvalue weighted by molar-refractivity contribution is 0.397. The zero-order valence-corrected chi connectivity index (χ0v) is 18.6. The number of ether oxygens (including phenoxy) is 1. The SMILES string of the molecule is COc1cc(-c2c(-c3cccc(C#N)c3)nc(N)n3nc(Cc4ccccn4)nc23)cc(C)n1.